The maximum atomic E-state index is 13.3. The molecule has 3 aromatic carbocycles. The molecule has 0 radical (unpaired) electrons. The van der Waals surface area contributed by atoms with Crippen LogP contribution in [0.15, 0.2) is 88.8 Å². The van der Waals surface area contributed by atoms with Gasteiger partial charge in [-0.05, 0) is 60.2 Å². The second kappa shape index (κ2) is 9.23. The first-order chi connectivity index (χ1) is 15.0. The molecule has 31 heavy (non-hydrogen) atoms. The van der Waals surface area contributed by atoms with Crippen molar-refractivity contribution in [1.29, 1.82) is 0 Å². The highest BCUT2D eigenvalue weighted by Crippen LogP contribution is 2.35. The molecule has 156 valence electrons. The van der Waals surface area contributed by atoms with Gasteiger partial charge in [-0.2, -0.15) is 0 Å². The first-order valence-corrected chi connectivity index (χ1v) is 11.0. The van der Waals surface area contributed by atoms with Gasteiger partial charge in [-0.3, -0.25) is 9.69 Å². The fourth-order valence-corrected chi connectivity index (χ4v) is 4.24. The van der Waals surface area contributed by atoms with Crippen LogP contribution in [-0.2, 0) is 11.3 Å². The minimum atomic E-state index is -0.0172. The lowest BCUT2D eigenvalue weighted by Gasteiger charge is -2.15. The van der Waals surface area contributed by atoms with Gasteiger partial charge >= 0.3 is 0 Å². The molecule has 0 unspecified atom stereocenters. The second-order valence-electron chi connectivity index (χ2n) is 7.70. The number of nitrogens with zero attached hydrogens (tertiary/aromatic N) is 3. The zero-order valence-corrected chi connectivity index (χ0v) is 18.8. The van der Waals surface area contributed by atoms with Crippen molar-refractivity contribution in [2.24, 2.45) is 4.99 Å². The number of carbonyl (C=O) groups excluding carboxylic acids is 1. The normalized spacial score (nSPS) is 16.4. The van der Waals surface area contributed by atoms with Gasteiger partial charge < -0.3 is 4.90 Å². The summed E-state index contributed by atoms with van der Waals surface area (Å²) in [5.41, 5.74) is 5.22. The van der Waals surface area contributed by atoms with Gasteiger partial charge in [0.05, 0.1) is 17.1 Å². The van der Waals surface area contributed by atoms with Gasteiger partial charge in [0.25, 0.3) is 5.91 Å². The number of aliphatic imine (C=N–C) groups is 1. The van der Waals surface area contributed by atoms with Gasteiger partial charge in [0.1, 0.15) is 0 Å². The molecule has 1 saturated heterocycles. The number of benzene rings is 3. The molecular formula is C26H25N3OS. The number of thioether (sulfide) groups is 1. The van der Waals surface area contributed by atoms with Crippen LogP contribution in [0.3, 0.4) is 0 Å². The van der Waals surface area contributed by atoms with E-state index >= 15 is 0 Å². The van der Waals surface area contributed by atoms with Crippen LogP contribution in [0.2, 0.25) is 0 Å². The monoisotopic (exact) mass is 427 g/mol. The van der Waals surface area contributed by atoms with Crippen molar-refractivity contribution in [2.45, 2.75) is 13.5 Å². The lowest BCUT2D eigenvalue weighted by molar-refractivity contribution is -0.122. The second-order valence-corrected chi connectivity index (χ2v) is 8.71. The number of carbonyl (C=O) groups is 1. The van der Waals surface area contributed by atoms with Crippen molar-refractivity contribution >= 4 is 40.3 Å². The van der Waals surface area contributed by atoms with Crippen LogP contribution >= 0.6 is 11.8 Å². The highest BCUT2D eigenvalue weighted by Gasteiger charge is 2.33. The Morgan fingerprint density at radius 1 is 0.935 bits per heavy atom. The number of anilines is 1. The molecule has 0 aromatic heterocycles. The molecule has 4 rings (SSSR count). The van der Waals surface area contributed by atoms with Crippen LogP contribution in [0, 0.1) is 6.92 Å². The number of hydrogen-bond acceptors (Lipinski definition) is 4. The molecule has 0 N–H and O–H groups in total. The van der Waals surface area contributed by atoms with Crippen molar-refractivity contribution in [3.63, 3.8) is 0 Å². The number of amides is 1. The lowest BCUT2D eigenvalue weighted by Crippen LogP contribution is -2.28. The van der Waals surface area contributed by atoms with Crippen molar-refractivity contribution in [1.82, 2.24) is 4.90 Å². The third kappa shape index (κ3) is 5.06. The number of hydrogen-bond donors (Lipinski definition) is 0. The van der Waals surface area contributed by atoms with Gasteiger partial charge in [0.2, 0.25) is 0 Å². The summed E-state index contributed by atoms with van der Waals surface area (Å²) in [5, 5.41) is 0.703. The zero-order chi connectivity index (χ0) is 21.8. The van der Waals surface area contributed by atoms with Gasteiger partial charge in [-0.1, -0.05) is 60.2 Å². The summed E-state index contributed by atoms with van der Waals surface area (Å²) in [6.07, 6.45) is 1.95. The van der Waals surface area contributed by atoms with Crippen molar-refractivity contribution in [3.8, 4) is 0 Å². The summed E-state index contributed by atoms with van der Waals surface area (Å²) in [5.74, 6) is -0.0172. The Labute approximate surface area is 187 Å². The Balaban J connectivity index is 1.66. The molecule has 0 spiro atoms. The molecule has 0 saturated carbocycles. The van der Waals surface area contributed by atoms with E-state index in [2.05, 4.69) is 24.0 Å². The zero-order valence-electron chi connectivity index (χ0n) is 17.9. The summed E-state index contributed by atoms with van der Waals surface area (Å²) >= 11 is 1.43. The summed E-state index contributed by atoms with van der Waals surface area (Å²) in [7, 11) is 4.03. The predicted molar refractivity (Wildman–Crippen MR) is 132 cm³/mol. The van der Waals surface area contributed by atoms with E-state index in [9.17, 15) is 4.79 Å². The summed E-state index contributed by atoms with van der Waals surface area (Å²) in [6.45, 7) is 2.54. The molecule has 1 aliphatic heterocycles. The highest BCUT2D eigenvalue weighted by atomic mass is 32.2. The maximum Gasteiger partial charge on any atom is 0.267 e. The fourth-order valence-electron chi connectivity index (χ4n) is 3.25. The molecule has 1 aliphatic rings. The molecule has 4 nitrogen and oxygen atoms in total. The minimum absolute atomic E-state index is 0.0172. The number of aryl methyl sites for hydroxylation is 1. The summed E-state index contributed by atoms with van der Waals surface area (Å²) < 4.78 is 0. The average Bonchev–Trinajstić information content (AvgIpc) is 3.05. The number of rotatable bonds is 5. The van der Waals surface area contributed by atoms with Crippen LogP contribution in [0.1, 0.15) is 16.7 Å². The van der Waals surface area contributed by atoms with Gasteiger partial charge in [-0.15, -0.1) is 0 Å². The van der Waals surface area contributed by atoms with E-state index in [0.29, 0.717) is 16.6 Å². The molecular weight excluding hydrogens is 402 g/mol. The van der Waals surface area contributed by atoms with Gasteiger partial charge in [-0.25, -0.2) is 4.99 Å². The third-order valence-electron chi connectivity index (χ3n) is 5.04. The Morgan fingerprint density at radius 3 is 2.26 bits per heavy atom. The molecule has 1 heterocycles. The van der Waals surface area contributed by atoms with Crippen LogP contribution in [0.5, 0.6) is 0 Å². The fraction of sp³-hybridized carbons (Fsp3) is 0.154. The standard InChI is InChI=1S/C26H25N3OS/c1-19-9-13-22(14-10-19)27-26-29(18-21-7-5-4-6-8-21)25(30)24(31-26)17-20-11-15-23(16-12-20)28(2)3/h4-17H,18H2,1-3H3/b24-17+,27-26?. The molecule has 0 atom stereocenters. The first kappa shape index (κ1) is 20.9. The van der Waals surface area contributed by atoms with Crippen molar-refractivity contribution in [3.05, 3.63) is 100 Å². The smallest absolute Gasteiger partial charge is 0.267 e. The van der Waals surface area contributed by atoms with Crippen LogP contribution in [0.25, 0.3) is 6.08 Å². The Morgan fingerprint density at radius 2 is 1.61 bits per heavy atom. The minimum Gasteiger partial charge on any atom is -0.378 e. The maximum absolute atomic E-state index is 13.3. The van der Waals surface area contributed by atoms with Gasteiger partial charge in [0, 0.05) is 19.8 Å². The SMILES string of the molecule is Cc1ccc(N=C2S/C(=C/c3ccc(N(C)C)cc3)C(=O)N2Cc2ccccc2)cc1. The summed E-state index contributed by atoms with van der Waals surface area (Å²) in [4.78, 5) is 22.6. The molecule has 1 amide bonds. The number of amidine groups is 1. The van der Waals surface area contributed by atoms with E-state index in [-0.39, 0.29) is 5.91 Å². The molecule has 5 heteroatoms. The Kier molecular flexibility index (Phi) is 6.23. The predicted octanol–water partition coefficient (Wildman–Crippen LogP) is 5.87. The largest absolute Gasteiger partial charge is 0.378 e. The average molecular weight is 428 g/mol. The highest BCUT2D eigenvalue weighted by molar-refractivity contribution is 8.18. The molecule has 0 aliphatic carbocycles. The van der Waals surface area contributed by atoms with Gasteiger partial charge in [0.15, 0.2) is 5.17 Å². The van der Waals surface area contributed by atoms with E-state index in [1.165, 1.54) is 17.3 Å². The lowest BCUT2D eigenvalue weighted by atomic mass is 10.1. The quantitative estimate of drug-likeness (QED) is 0.478. The van der Waals surface area contributed by atoms with E-state index < -0.39 is 0 Å². The Bertz CT molecular complexity index is 1120. The third-order valence-corrected chi connectivity index (χ3v) is 6.04. The van der Waals surface area contributed by atoms with E-state index in [4.69, 9.17) is 4.99 Å². The van der Waals surface area contributed by atoms with Crippen LogP contribution < -0.4 is 4.90 Å². The topological polar surface area (TPSA) is 35.9 Å². The van der Waals surface area contributed by atoms with Crippen molar-refractivity contribution < 1.29 is 4.79 Å². The van der Waals surface area contributed by atoms with E-state index in [1.54, 1.807) is 4.90 Å². The van der Waals surface area contributed by atoms with E-state index in [1.807, 2.05) is 86.9 Å². The molecule has 1 fully saturated rings. The van der Waals surface area contributed by atoms with Crippen LogP contribution in [0.4, 0.5) is 11.4 Å². The van der Waals surface area contributed by atoms with Crippen LogP contribution in [-0.4, -0.2) is 30.1 Å². The Hall–Kier alpha value is -3.31. The first-order valence-electron chi connectivity index (χ1n) is 10.2. The summed E-state index contributed by atoms with van der Waals surface area (Å²) in [6, 6.07) is 26.2. The van der Waals surface area contributed by atoms with Crippen molar-refractivity contribution in [2.75, 3.05) is 19.0 Å². The molecule has 0 bridgehead atoms. The van der Waals surface area contributed by atoms with E-state index in [0.717, 1.165) is 22.5 Å². The molecule has 3 aromatic rings.